The zero-order valence-electron chi connectivity index (χ0n) is 11.3. The minimum atomic E-state index is 0.0914. The molecule has 0 fully saturated rings. The Morgan fingerprint density at radius 2 is 1.80 bits per heavy atom. The second-order valence-corrected chi connectivity index (χ2v) is 4.03. The van der Waals surface area contributed by atoms with Gasteiger partial charge in [-0.2, -0.15) is 15.0 Å². The number of hydrogen-bond donors (Lipinski definition) is 2. The molecule has 106 valence electrons. The van der Waals surface area contributed by atoms with Crippen LogP contribution in [0.25, 0.3) is 0 Å². The van der Waals surface area contributed by atoms with E-state index in [0.717, 1.165) is 0 Å². The number of rotatable bonds is 5. The molecule has 0 aliphatic heterocycles. The van der Waals surface area contributed by atoms with Crippen LogP contribution >= 0.6 is 11.6 Å². The Morgan fingerprint density at radius 1 is 1.05 bits per heavy atom. The standard InChI is InChI=1S/C12H14ClN5O2/c1-14-11-16-10(13)17-12(18-11)15-8-6-7(19-2)4-5-9(8)20-3/h4-6H,1-3H3,(H2,14,15,16,17,18). The summed E-state index contributed by atoms with van der Waals surface area (Å²) in [5, 5.41) is 5.92. The van der Waals surface area contributed by atoms with Gasteiger partial charge in [0.05, 0.1) is 19.9 Å². The lowest BCUT2D eigenvalue weighted by atomic mass is 10.2. The van der Waals surface area contributed by atoms with Crippen LogP contribution in [0, 0.1) is 0 Å². The van der Waals surface area contributed by atoms with Gasteiger partial charge in [-0.15, -0.1) is 0 Å². The molecule has 0 unspecified atom stereocenters. The molecule has 2 aromatic rings. The molecule has 0 spiro atoms. The van der Waals surface area contributed by atoms with Gasteiger partial charge in [-0.3, -0.25) is 0 Å². The van der Waals surface area contributed by atoms with Crippen molar-refractivity contribution in [3.63, 3.8) is 0 Å². The van der Waals surface area contributed by atoms with Crippen molar-refractivity contribution in [3.8, 4) is 11.5 Å². The Balaban J connectivity index is 2.35. The van der Waals surface area contributed by atoms with E-state index in [-0.39, 0.29) is 5.28 Å². The van der Waals surface area contributed by atoms with Crippen LogP contribution in [0.1, 0.15) is 0 Å². The summed E-state index contributed by atoms with van der Waals surface area (Å²) in [5.41, 5.74) is 0.663. The van der Waals surface area contributed by atoms with Crippen LogP contribution < -0.4 is 20.1 Å². The van der Waals surface area contributed by atoms with E-state index in [1.54, 1.807) is 39.5 Å². The molecule has 2 N–H and O–H groups in total. The molecule has 7 nitrogen and oxygen atoms in total. The monoisotopic (exact) mass is 295 g/mol. The van der Waals surface area contributed by atoms with Crippen molar-refractivity contribution in [1.29, 1.82) is 0 Å². The van der Waals surface area contributed by atoms with Gasteiger partial charge in [0.2, 0.25) is 17.2 Å². The van der Waals surface area contributed by atoms with E-state index in [9.17, 15) is 0 Å². The number of methoxy groups -OCH3 is 2. The molecule has 0 saturated heterocycles. The molecule has 8 heteroatoms. The molecule has 2 rings (SSSR count). The summed E-state index contributed by atoms with van der Waals surface area (Å²) in [4.78, 5) is 12.1. The summed E-state index contributed by atoms with van der Waals surface area (Å²) in [6.07, 6.45) is 0. The molecular weight excluding hydrogens is 282 g/mol. The van der Waals surface area contributed by atoms with Gasteiger partial charge in [-0.05, 0) is 23.7 Å². The fourth-order valence-electron chi connectivity index (χ4n) is 1.55. The fourth-order valence-corrected chi connectivity index (χ4v) is 1.71. The van der Waals surface area contributed by atoms with E-state index in [2.05, 4.69) is 25.6 Å². The minimum absolute atomic E-state index is 0.0914. The van der Waals surface area contributed by atoms with Crippen LogP contribution in [0.15, 0.2) is 18.2 Å². The topological polar surface area (TPSA) is 81.2 Å². The molecule has 0 saturated carbocycles. The third-order valence-corrected chi connectivity index (χ3v) is 2.65. The van der Waals surface area contributed by atoms with Crippen molar-refractivity contribution in [2.24, 2.45) is 0 Å². The summed E-state index contributed by atoms with van der Waals surface area (Å²) in [6.45, 7) is 0. The number of benzene rings is 1. The van der Waals surface area contributed by atoms with Crippen LogP contribution in [0.3, 0.4) is 0 Å². The Bertz CT molecular complexity index is 608. The second kappa shape index (κ2) is 6.25. The number of nitrogens with zero attached hydrogens (tertiary/aromatic N) is 3. The van der Waals surface area contributed by atoms with E-state index < -0.39 is 0 Å². The average molecular weight is 296 g/mol. The molecule has 0 aliphatic carbocycles. The summed E-state index contributed by atoms with van der Waals surface area (Å²) in [7, 11) is 4.86. The molecular formula is C12H14ClN5O2. The SMILES string of the molecule is CNc1nc(Cl)nc(Nc2cc(OC)ccc2OC)n1. The van der Waals surface area contributed by atoms with Gasteiger partial charge in [0.25, 0.3) is 0 Å². The number of hydrogen-bond acceptors (Lipinski definition) is 7. The van der Waals surface area contributed by atoms with Crippen molar-refractivity contribution >= 4 is 29.2 Å². The van der Waals surface area contributed by atoms with Gasteiger partial charge >= 0.3 is 0 Å². The highest BCUT2D eigenvalue weighted by Crippen LogP contribution is 2.30. The first kappa shape index (κ1) is 14.1. The molecule has 20 heavy (non-hydrogen) atoms. The van der Waals surface area contributed by atoms with Gasteiger partial charge in [0.15, 0.2) is 0 Å². The Labute approximate surface area is 121 Å². The molecule has 0 atom stereocenters. The van der Waals surface area contributed by atoms with Gasteiger partial charge in [-0.1, -0.05) is 0 Å². The first-order valence-corrected chi connectivity index (χ1v) is 6.12. The van der Waals surface area contributed by atoms with E-state index in [1.807, 2.05) is 0 Å². The van der Waals surface area contributed by atoms with E-state index >= 15 is 0 Å². The summed E-state index contributed by atoms with van der Waals surface area (Å²) in [6, 6.07) is 5.35. The predicted octanol–water partition coefficient (Wildman–Crippen LogP) is 2.33. The summed E-state index contributed by atoms with van der Waals surface area (Å²) >= 11 is 5.83. The molecule has 1 heterocycles. The maximum atomic E-state index is 5.83. The highest BCUT2D eigenvalue weighted by atomic mass is 35.5. The Hall–Kier alpha value is -2.28. The van der Waals surface area contributed by atoms with Gasteiger partial charge in [0, 0.05) is 13.1 Å². The molecule has 0 aliphatic rings. The lowest BCUT2D eigenvalue weighted by Gasteiger charge is -2.12. The lowest BCUT2D eigenvalue weighted by molar-refractivity contribution is 0.405. The van der Waals surface area contributed by atoms with E-state index in [1.165, 1.54) is 0 Å². The zero-order valence-corrected chi connectivity index (χ0v) is 12.0. The smallest absolute Gasteiger partial charge is 0.233 e. The zero-order chi connectivity index (χ0) is 14.5. The number of aromatic nitrogens is 3. The summed E-state index contributed by atoms with van der Waals surface area (Å²) in [5.74, 6) is 1.99. The Kier molecular flexibility index (Phi) is 4.41. The molecule has 0 radical (unpaired) electrons. The van der Waals surface area contributed by atoms with Gasteiger partial charge in [0.1, 0.15) is 11.5 Å². The predicted molar refractivity (Wildman–Crippen MR) is 77.2 cm³/mol. The lowest BCUT2D eigenvalue weighted by Crippen LogP contribution is -2.04. The highest BCUT2D eigenvalue weighted by molar-refractivity contribution is 6.28. The van der Waals surface area contributed by atoms with Crippen LogP contribution in [0.2, 0.25) is 5.28 Å². The maximum Gasteiger partial charge on any atom is 0.233 e. The normalized spacial score (nSPS) is 10.0. The fraction of sp³-hybridized carbons (Fsp3) is 0.250. The highest BCUT2D eigenvalue weighted by Gasteiger charge is 2.09. The maximum absolute atomic E-state index is 5.83. The van der Waals surface area contributed by atoms with Crippen LogP contribution in [0.5, 0.6) is 11.5 Å². The number of halogens is 1. The average Bonchev–Trinajstić information content (AvgIpc) is 2.46. The van der Waals surface area contributed by atoms with Crippen LogP contribution in [0.4, 0.5) is 17.6 Å². The second-order valence-electron chi connectivity index (χ2n) is 3.69. The largest absolute Gasteiger partial charge is 0.497 e. The first-order valence-electron chi connectivity index (χ1n) is 5.74. The van der Waals surface area contributed by atoms with Crippen molar-refractivity contribution in [2.45, 2.75) is 0 Å². The number of anilines is 3. The van der Waals surface area contributed by atoms with Crippen molar-refractivity contribution in [3.05, 3.63) is 23.5 Å². The van der Waals surface area contributed by atoms with E-state index in [0.29, 0.717) is 29.1 Å². The number of nitrogens with one attached hydrogen (secondary N) is 2. The third-order valence-electron chi connectivity index (χ3n) is 2.48. The van der Waals surface area contributed by atoms with Crippen molar-refractivity contribution in [1.82, 2.24) is 15.0 Å². The van der Waals surface area contributed by atoms with Crippen LogP contribution in [-0.4, -0.2) is 36.2 Å². The molecule has 1 aromatic heterocycles. The molecule has 0 amide bonds. The van der Waals surface area contributed by atoms with Crippen LogP contribution in [-0.2, 0) is 0 Å². The first-order chi connectivity index (χ1) is 9.66. The molecule has 1 aromatic carbocycles. The van der Waals surface area contributed by atoms with Gasteiger partial charge < -0.3 is 20.1 Å². The Morgan fingerprint density at radius 3 is 2.45 bits per heavy atom. The van der Waals surface area contributed by atoms with Gasteiger partial charge in [-0.25, -0.2) is 0 Å². The van der Waals surface area contributed by atoms with E-state index in [4.69, 9.17) is 21.1 Å². The van der Waals surface area contributed by atoms with Crippen molar-refractivity contribution in [2.75, 3.05) is 31.9 Å². The molecule has 0 bridgehead atoms. The summed E-state index contributed by atoms with van der Waals surface area (Å²) < 4.78 is 10.4. The number of ether oxygens (including phenoxy) is 2. The minimum Gasteiger partial charge on any atom is -0.497 e. The van der Waals surface area contributed by atoms with Crippen molar-refractivity contribution < 1.29 is 9.47 Å². The third kappa shape index (κ3) is 3.18. The quantitative estimate of drug-likeness (QED) is 0.876.